The van der Waals surface area contributed by atoms with Crippen LogP contribution < -0.4 is 5.73 Å². The van der Waals surface area contributed by atoms with Crippen LogP contribution in [0.3, 0.4) is 0 Å². The van der Waals surface area contributed by atoms with Crippen molar-refractivity contribution in [1.82, 2.24) is 0 Å². The Morgan fingerprint density at radius 1 is 1.41 bits per heavy atom. The molecule has 1 aromatic rings. The second-order valence-electron chi connectivity index (χ2n) is 4.84. The highest BCUT2D eigenvalue weighted by Gasteiger charge is 2.40. The van der Waals surface area contributed by atoms with Gasteiger partial charge in [-0.25, -0.2) is 4.39 Å². The molecule has 1 aliphatic rings. The van der Waals surface area contributed by atoms with Gasteiger partial charge >= 0.3 is 0 Å². The molecule has 2 nitrogen and oxygen atoms in total. The van der Waals surface area contributed by atoms with Crippen LogP contribution in [-0.2, 0) is 0 Å². The second kappa shape index (κ2) is 5.04. The van der Waals surface area contributed by atoms with Crippen molar-refractivity contribution in [1.29, 1.82) is 0 Å². The van der Waals surface area contributed by atoms with Gasteiger partial charge in [-0.15, -0.1) is 0 Å². The zero-order chi connectivity index (χ0) is 12.5. The molecule has 1 aromatic carbocycles. The smallest absolute Gasteiger partial charge is 0.123 e. The molecule has 2 rings (SSSR count). The predicted octanol–water partition coefficient (Wildman–Crippen LogP) is 3.14. The lowest BCUT2D eigenvalue weighted by molar-refractivity contribution is 0.0325. The van der Waals surface area contributed by atoms with Crippen molar-refractivity contribution >= 4 is 15.9 Å². The first kappa shape index (κ1) is 13.0. The molecule has 3 N–H and O–H groups in total. The maximum Gasteiger partial charge on any atom is 0.123 e. The van der Waals surface area contributed by atoms with Crippen molar-refractivity contribution in [2.24, 2.45) is 11.1 Å². The lowest BCUT2D eigenvalue weighted by atomic mass is 9.77. The van der Waals surface area contributed by atoms with E-state index in [-0.39, 0.29) is 11.2 Å². The molecular weight excluding hydrogens is 285 g/mol. The van der Waals surface area contributed by atoms with Gasteiger partial charge in [-0.05, 0) is 36.6 Å². The first-order valence-corrected chi connectivity index (χ1v) is 6.71. The third-order valence-corrected chi connectivity index (χ3v) is 4.56. The molecule has 0 bridgehead atoms. The van der Waals surface area contributed by atoms with E-state index in [9.17, 15) is 9.50 Å². The van der Waals surface area contributed by atoms with E-state index in [1.165, 1.54) is 12.1 Å². The summed E-state index contributed by atoms with van der Waals surface area (Å²) < 4.78 is 14.0. The molecule has 1 aliphatic carbocycles. The Labute approximate surface area is 109 Å². The standard InChI is InChI=1S/C13H17BrFNO/c14-11-4-3-9(15)7-10(11)12(17)13(8-16)5-1-2-6-13/h3-4,7,12,17H,1-2,5-6,8,16H2. The fourth-order valence-electron chi connectivity index (χ4n) is 2.72. The van der Waals surface area contributed by atoms with E-state index in [0.29, 0.717) is 12.1 Å². The normalized spacial score (nSPS) is 20.5. The molecule has 1 unspecified atom stereocenters. The average molecular weight is 302 g/mol. The maximum atomic E-state index is 13.3. The number of hydrogen-bond acceptors (Lipinski definition) is 2. The Balaban J connectivity index is 2.35. The second-order valence-corrected chi connectivity index (χ2v) is 5.70. The van der Waals surface area contributed by atoms with E-state index < -0.39 is 6.10 Å². The highest BCUT2D eigenvalue weighted by atomic mass is 79.9. The van der Waals surface area contributed by atoms with Gasteiger partial charge < -0.3 is 10.8 Å². The molecule has 0 heterocycles. The Bertz CT molecular complexity index is 404. The Morgan fingerprint density at radius 3 is 2.65 bits per heavy atom. The van der Waals surface area contributed by atoms with Crippen molar-refractivity contribution in [2.45, 2.75) is 31.8 Å². The van der Waals surface area contributed by atoms with Gasteiger partial charge in [0.1, 0.15) is 5.82 Å². The zero-order valence-electron chi connectivity index (χ0n) is 9.63. The highest BCUT2D eigenvalue weighted by Crippen LogP contribution is 2.48. The maximum absolute atomic E-state index is 13.3. The summed E-state index contributed by atoms with van der Waals surface area (Å²) in [6.07, 6.45) is 3.30. The van der Waals surface area contributed by atoms with Crippen molar-refractivity contribution in [3.05, 3.63) is 34.1 Å². The Morgan fingerprint density at radius 2 is 2.06 bits per heavy atom. The Kier molecular flexibility index (Phi) is 3.85. The molecule has 0 radical (unpaired) electrons. The largest absolute Gasteiger partial charge is 0.388 e. The molecule has 1 atom stereocenters. The van der Waals surface area contributed by atoms with Crippen LogP contribution in [0.4, 0.5) is 4.39 Å². The van der Waals surface area contributed by atoms with Crippen LogP contribution in [0.15, 0.2) is 22.7 Å². The SMILES string of the molecule is NCC1(C(O)c2cc(F)ccc2Br)CCCC1. The number of halogens is 2. The molecule has 94 valence electrons. The molecule has 1 fully saturated rings. The first-order chi connectivity index (χ1) is 8.09. The van der Waals surface area contributed by atoms with Crippen molar-refractivity contribution < 1.29 is 9.50 Å². The van der Waals surface area contributed by atoms with Gasteiger partial charge in [0.25, 0.3) is 0 Å². The number of aliphatic hydroxyl groups is 1. The van der Waals surface area contributed by atoms with Gasteiger partial charge in [-0.3, -0.25) is 0 Å². The van der Waals surface area contributed by atoms with Crippen LogP contribution in [0, 0.1) is 11.2 Å². The number of aliphatic hydroxyl groups excluding tert-OH is 1. The van der Waals surface area contributed by atoms with Gasteiger partial charge in [0, 0.05) is 16.4 Å². The molecule has 4 heteroatoms. The van der Waals surface area contributed by atoms with E-state index >= 15 is 0 Å². The lowest BCUT2D eigenvalue weighted by Crippen LogP contribution is -2.34. The van der Waals surface area contributed by atoms with Crippen LogP contribution in [0.1, 0.15) is 37.4 Å². The van der Waals surface area contributed by atoms with Gasteiger partial charge in [-0.2, -0.15) is 0 Å². The third-order valence-electron chi connectivity index (χ3n) is 3.84. The van der Waals surface area contributed by atoms with E-state index in [1.54, 1.807) is 6.07 Å². The zero-order valence-corrected chi connectivity index (χ0v) is 11.2. The summed E-state index contributed by atoms with van der Waals surface area (Å²) >= 11 is 3.36. The number of rotatable bonds is 3. The minimum atomic E-state index is -0.694. The van der Waals surface area contributed by atoms with E-state index in [0.717, 1.165) is 30.2 Å². The lowest BCUT2D eigenvalue weighted by Gasteiger charge is -2.33. The Hall–Kier alpha value is -0.450. The van der Waals surface area contributed by atoms with Crippen LogP contribution in [0.5, 0.6) is 0 Å². The van der Waals surface area contributed by atoms with E-state index in [4.69, 9.17) is 5.73 Å². The van der Waals surface area contributed by atoms with Crippen LogP contribution >= 0.6 is 15.9 Å². The minimum absolute atomic E-state index is 0.281. The summed E-state index contributed by atoms with van der Waals surface area (Å²) in [6, 6.07) is 4.40. The monoisotopic (exact) mass is 301 g/mol. The fourth-order valence-corrected chi connectivity index (χ4v) is 3.19. The topological polar surface area (TPSA) is 46.2 Å². The highest BCUT2D eigenvalue weighted by molar-refractivity contribution is 9.10. The average Bonchev–Trinajstić information content (AvgIpc) is 2.81. The van der Waals surface area contributed by atoms with Crippen LogP contribution in [0.2, 0.25) is 0 Å². The van der Waals surface area contributed by atoms with E-state index in [2.05, 4.69) is 15.9 Å². The summed E-state index contributed by atoms with van der Waals surface area (Å²) in [5, 5.41) is 10.5. The fraction of sp³-hybridized carbons (Fsp3) is 0.538. The first-order valence-electron chi connectivity index (χ1n) is 5.92. The molecule has 0 saturated heterocycles. The van der Waals surface area contributed by atoms with Gasteiger partial charge in [0.2, 0.25) is 0 Å². The van der Waals surface area contributed by atoms with Crippen molar-refractivity contribution in [3.8, 4) is 0 Å². The van der Waals surface area contributed by atoms with Crippen molar-refractivity contribution in [3.63, 3.8) is 0 Å². The minimum Gasteiger partial charge on any atom is -0.388 e. The van der Waals surface area contributed by atoms with E-state index in [1.807, 2.05) is 0 Å². The molecular formula is C13H17BrFNO. The molecule has 1 saturated carbocycles. The quantitative estimate of drug-likeness (QED) is 0.901. The molecule has 0 aromatic heterocycles. The van der Waals surface area contributed by atoms with Gasteiger partial charge in [0.15, 0.2) is 0 Å². The summed E-state index contributed by atoms with van der Waals surface area (Å²) in [6.45, 7) is 0.442. The van der Waals surface area contributed by atoms with Crippen LogP contribution in [-0.4, -0.2) is 11.7 Å². The number of benzene rings is 1. The van der Waals surface area contributed by atoms with Crippen LogP contribution in [0.25, 0.3) is 0 Å². The summed E-state index contributed by atoms with van der Waals surface area (Å²) in [5.74, 6) is -0.326. The molecule has 0 aliphatic heterocycles. The molecule has 0 amide bonds. The van der Waals surface area contributed by atoms with Gasteiger partial charge in [0.05, 0.1) is 6.10 Å². The third kappa shape index (κ3) is 2.39. The van der Waals surface area contributed by atoms with Crippen molar-refractivity contribution in [2.75, 3.05) is 6.54 Å². The number of hydrogen-bond donors (Lipinski definition) is 2. The number of nitrogens with two attached hydrogens (primary N) is 1. The molecule has 17 heavy (non-hydrogen) atoms. The summed E-state index contributed by atoms with van der Waals surface area (Å²) in [4.78, 5) is 0. The summed E-state index contributed by atoms with van der Waals surface area (Å²) in [5.41, 5.74) is 6.15. The van der Waals surface area contributed by atoms with Gasteiger partial charge in [-0.1, -0.05) is 28.8 Å². The molecule has 0 spiro atoms. The predicted molar refractivity (Wildman–Crippen MR) is 69.0 cm³/mol. The summed E-state index contributed by atoms with van der Waals surface area (Å²) in [7, 11) is 0.